The molecular formula is C17H20F3N. The van der Waals surface area contributed by atoms with Gasteiger partial charge in [-0.05, 0) is 34.7 Å². The van der Waals surface area contributed by atoms with Crippen LogP contribution in [-0.2, 0) is 6.42 Å². The molecule has 0 fully saturated rings. The Morgan fingerprint density at radius 2 is 1.76 bits per heavy atom. The zero-order valence-corrected chi connectivity index (χ0v) is 12.1. The lowest BCUT2D eigenvalue weighted by atomic mass is 9.91. The van der Waals surface area contributed by atoms with Crippen molar-refractivity contribution < 1.29 is 13.2 Å². The molecule has 0 aromatic heterocycles. The van der Waals surface area contributed by atoms with Crippen LogP contribution in [0.3, 0.4) is 0 Å². The van der Waals surface area contributed by atoms with Gasteiger partial charge in [-0.25, -0.2) is 0 Å². The van der Waals surface area contributed by atoms with Gasteiger partial charge in [-0.2, -0.15) is 13.2 Å². The molecule has 0 aliphatic carbocycles. The average molecular weight is 295 g/mol. The van der Waals surface area contributed by atoms with Crippen molar-refractivity contribution in [2.75, 3.05) is 0 Å². The second-order valence-corrected chi connectivity index (χ2v) is 5.34. The topological polar surface area (TPSA) is 26.0 Å². The van der Waals surface area contributed by atoms with E-state index in [4.69, 9.17) is 5.73 Å². The summed E-state index contributed by atoms with van der Waals surface area (Å²) in [5.41, 5.74) is 6.47. The van der Waals surface area contributed by atoms with Gasteiger partial charge in [0.05, 0.1) is 0 Å². The summed E-state index contributed by atoms with van der Waals surface area (Å²) in [6.45, 7) is 2.07. The Hall–Kier alpha value is -1.55. The third-order valence-corrected chi connectivity index (χ3v) is 3.77. The fraction of sp³-hybridized carbons (Fsp3) is 0.412. The number of aryl methyl sites for hydroxylation is 1. The minimum absolute atomic E-state index is 0.233. The standard InChI is InChI=1S/C17H20F3N/c1-2-3-4-8-13-11-10-12-7-5-6-9-14(12)15(13)16(21)17(18,19)20/h5-7,9-11,16H,2-4,8,21H2,1H3/t16-/m0/s1. The molecule has 0 unspecified atom stereocenters. The first kappa shape index (κ1) is 15.8. The summed E-state index contributed by atoms with van der Waals surface area (Å²) < 4.78 is 39.3. The Morgan fingerprint density at radius 1 is 1.05 bits per heavy atom. The van der Waals surface area contributed by atoms with Gasteiger partial charge in [0.2, 0.25) is 0 Å². The summed E-state index contributed by atoms with van der Waals surface area (Å²) >= 11 is 0. The Kier molecular flexibility index (Phi) is 4.88. The number of halogens is 3. The van der Waals surface area contributed by atoms with Crippen LogP contribution in [0.4, 0.5) is 13.2 Å². The molecule has 114 valence electrons. The second kappa shape index (κ2) is 6.48. The normalized spacial score (nSPS) is 13.6. The highest BCUT2D eigenvalue weighted by Crippen LogP contribution is 2.37. The van der Waals surface area contributed by atoms with Crippen LogP contribution in [0.5, 0.6) is 0 Å². The number of rotatable bonds is 5. The molecule has 0 heterocycles. The molecule has 0 radical (unpaired) electrons. The number of fused-ring (bicyclic) bond motifs is 1. The summed E-state index contributed by atoms with van der Waals surface area (Å²) in [4.78, 5) is 0. The largest absolute Gasteiger partial charge is 0.407 e. The van der Waals surface area contributed by atoms with E-state index in [0.717, 1.165) is 24.6 Å². The van der Waals surface area contributed by atoms with Gasteiger partial charge in [0.1, 0.15) is 6.04 Å². The minimum Gasteiger partial charge on any atom is -0.316 e. The van der Waals surface area contributed by atoms with Crippen LogP contribution in [0.2, 0.25) is 0 Å². The van der Waals surface area contributed by atoms with Crippen LogP contribution in [0.1, 0.15) is 43.4 Å². The third kappa shape index (κ3) is 3.56. The molecule has 21 heavy (non-hydrogen) atoms. The van der Waals surface area contributed by atoms with Gasteiger partial charge in [0, 0.05) is 0 Å². The lowest BCUT2D eigenvalue weighted by Gasteiger charge is -2.21. The molecule has 0 saturated heterocycles. The van der Waals surface area contributed by atoms with Crippen molar-refractivity contribution in [3.63, 3.8) is 0 Å². The van der Waals surface area contributed by atoms with Crippen molar-refractivity contribution >= 4 is 10.8 Å². The highest BCUT2D eigenvalue weighted by molar-refractivity contribution is 5.87. The fourth-order valence-electron chi connectivity index (χ4n) is 2.66. The van der Waals surface area contributed by atoms with Gasteiger partial charge in [-0.1, -0.05) is 56.2 Å². The maximum absolute atomic E-state index is 13.1. The smallest absolute Gasteiger partial charge is 0.316 e. The van der Waals surface area contributed by atoms with E-state index < -0.39 is 12.2 Å². The van der Waals surface area contributed by atoms with Crippen LogP contribution in [0, 0.1) is 0 Å². The van der Waals surface area contributed by atoms with Crippen LogP contribution < -0.4 is 5.73 Å². The van der Waals surface area contributed by atoms with E-state index >= 15 is 0 Å². The van der Waals surface area contributed by atoms with Gasteiger partial charge in [0.25, 0.3) is 0 Å². The van der Waals surface area contributed by atoms with E-state index in [1.807, 2.05) is 18.2 Å². The number of alkyl halides is 3. The Balaban J connectivity index is 2.52. The summed E-state index contributed by atoms with van der Waals surface area (Å²) in [6.07, 6.45) is -0.865. The molecular weight excluding hydrogens is 275 g/mol. The zero-order chi connectivity index (χ0) is 15.5. The van der Waals surface area contributed by atoms with Crippen LogP contribution >= 0.6 is 0 Å². The van der Waals surface area contributed by atoms with E-state index in [9.17, 15) is 13.2 Å². The van der Waals surface area contributed by atoms with Gasteiger partial charge >= 0.3 is 6.18 Å². The van der Waals surface area contributed by atoms with Crippen LogP contribution in [0.15, 0.2) is 36.4 Å². The Morgan fingerprint density at radius 3 is 2.43 bits per heavy atom. The molecule has 0 spiro atoms. The fourth-order valence-corrected chi connectivity index (χ4v) is 2.66. The molecule has 2 N–H and O–H groups in total. The first-order chi connectivity index (χ1) is 9.95. The van der Waals surface area contributed by atoms with E-state index in [2.05, 4.69) is 6.92 Å². The Bertz CT molecular complexity index is 604. The number of nitrogens with two attached hydrogens (primary N) is 1. The lowest BCUT2D eigenvalue weighted by Crippen LogP contribution is -2.29. The first-order valence-electron chi connectivity index (χ1n) is 7.28. The average Bonchev–Trinajstić information content (AvgIpc) is 2.45. The summed E-state index contributed by atoms with van der Waals surface area (Å²) in [7, 11) is 0. The highest BCUT2D eigenvalue weighted by atomic mass is 19.4. The molecule has 0 saturated carbocycles. The van der Waals surface area contributed by atoms with Gasteiger partial charge < -0.3 is 5.73 Å². The molecule has 1 atom stereocenters. The van der Waals surface area contributed by atoms with Crippen LogP contribution in [-0.4, -0.2) is 6.18 Å². The summed E-state index contributed by atoms with van der Waals surface area (Å²) in [6, 6.07) is 8.85. The third-order valence-electron chi connectivity index (χ3n) is 3.77. The number of unbranched alkanes of at least 4 members (excludes halogenated alkanes) is 2. The number of hydrogen-bond acceptors (Lipinski definition) is 1. The SMILES string of the molecule is CCCCCc1ccc2ccccc2c1[C@H](N)C(F)(F)F. The number of benzene rings is 2. The molecule has 0 amide bonds. The van der Waals surface area contributed by atoms with E-state index in [1.165, 1.54) is 0 Å². The monoisotopic (exact) mass is 295 g/mol. The van der Waals surface area contributed by atoms with Crippen molar-refractivity contribution in [1.29, 1.82) is 0 Å². The summed E-state index contributed by atoms with van der Waals surface area (Å²) in [5.74, 6) is 0. The molecule has 1 nitrogen and oxygen atoms in total. The molecule has 2 aromatic carbocycles. The molecule has 0 aliphatic heterocycles. The van der Waals surface area contributed by atoms with Crippen molar-refractivity contribution in [3.05, 3.63) is 47.5 Å². The van der Waals surface area contributed by atoms with Gasteiger partial charge in [-0.3, -0.25) is 0 Å². The predicted octanol–water partition coefficient (Wildman–Crippen LogP) is 5.13. The predicted molar refractivity (Wildman–Crippen MR) is 80.2 cm³/mol. The van der Waals surface area contributed by atoms with Crippen molar-refractivity contribution in [2.24, 2.45) is 5.73 Å². The zero-order valence-electron chi connectivity index (χ0n) is 12.1. The maximum atomic E-state index is 13.1. The molecule has 0 bridgehead atoms. The van der Waals surface area contributed by atoms with E-state index in [0.29, 0.717) is 17.4 Å². The molecule has 2 aromatic rings. The first-order valence-corrected chi connectivity index (χ1v) is 7.28. The molecule has 4 heteroatoms. The van der Waals surface area contributed by atoms with Crippen molar-refractivity contribution in [1.82, 2.24) is 0 Å². The molecule has 2 rings (SSSR count). The van der Waals surface area contributed by atoms with Crippen molar-refractivity contribution in [2.45, 2.75) is 44.8 Å². The van der Waals surface area contributed by atoms with Gasteiger partial charge in [-0.15, -0.1) is 0 Å². The van der Waals surface area contributed by atoms with Crippen LogP contribution in [0.25, 0.3) is 10.8 Å². The lowest BCUT2D eigenvalue weighted by molar-refractivity contribution is -0.149. The van der Waals surface area contributed by atoms with Gasteiger partial charge in [0.15, 0.2) is 0 Å². The minimum atomic E-state index is -4.43. The van der Waals surface area contributed by atoms with E-state index in [1.54, 1.807) is 18.2 Å². The maximum Gasteiger partial charge on any atom is 0.407 e. The molecule has 0 aliphatic rings. The quantitative estimate of drug-likeness (QED) is 0.760. The Labute approximate surface area is 123 Å². The highest BCUT2D eigenvalue weighted by Gasteiger charge is 2.39. The summed E-state index contributed by atoms with van der Waals surface area (Å²) in [5, 5.41) is 1.41. The second-order valence-electron chi connectivity index (χ2n) is 5.34. The van der Waals surface area contributed by atoms with Crippen molar-refractivity contribution in [3.8, 4) is 0 Å². The van der Waals surface area contributed by atoms with E-state index in [-0.39, 0.29) is 5.56 Å². The number of hydrogen-bond donors (Lipinski definition) is 1.